The van der Waals surface area contributed by atoms with E-state index in [0.29, 0.717) is 30.0 Å². The van der Waals surface area contributed by atoms with Crippen molar-refractivity contribution >= 4 is 5.78 Å². The molecule has 0 aromatic heterocycles. The van der Waals surface area contributed by atoms with Gasteiger partial charge in [0.2, 0.25) is 0 Å². The molecule has 22 heavy (non-hydrogen) atoms. The first-order valence-electron chi connectivity index (χ1n) is 9.24. The predicted molar refractivity (Wildman–Crippen MR) is 84.2 cm³/mol. The zero-order valence-corrected chi connectivity index (χ0v) is 14.0. The third-order valence-electron chi connectivity index (χ3n) is 8.49. The van der Waals surface area contributed by atoms with Crippen LogP contribution in [0.25, 0.3) is 0 Å². The minimum Gasteiger partial charge on any atom is -0.393 e. The maximum Gasteiger partial charge on any atom is 0.139 e. The standard InChI is InChI=1S/C19H30O3/c1-17-8-7-15-13(14(17)3-4-16(17)21)6-10-19(22)11-12(20)5-9-18(15,19)2/h12-15,20,22H,3-11H2,1-2H3/t12-,13-,14-,15-,17+,18+,19-/m0/s1. The zero-order chi connectivity index (χ0) is 15.8. The number of carbonyl (C=O) groups excluding carboxylic acids is 1. The Balaban J connectivity index is 1.68. The maximum atomic E-state index is 12.4. The number of hydrogen-bond donors (Lipinski definition) is 2. The average molecular weight is 306 g/mol. The first-order valence-corrected chi connectivity index (χ1v) is 9.24. The van der Waals surface area contributed by atoms with Gasteiger partial charge in [0.1, 0.15) is 5.78 Å². The normalized spacial score (nSPS) is 57.9. The van der Waals surface area contributed by atoms with Gasteiger partial charge in [-0.2, -0.15) is 0 Å². The van der Waals surface area contributed by atoms with Gasteiger partial charge in [-0.15, -0.1) is 0 Å². The highest BCUT2D eigenvalue weighted by molar-refractivity contribution is 5.87. The highest BCUT2D eigenvalue weighted by atomic mass is 16.3. The van der Waals surface area contributed by atoms with Crippen molar-refractivity contribution in [3.8, 4) is 0 Å². The molecule has 0 amide bonds. The topological polar surface area (TPSA) is 57.5 Å². The molecule has 0 bridgehead atoms. The van der Waals surface area contributed by atoms with Crippen LogP contribution >= 0.6 is 0 Å². The number of aliphatic hydroxyl groups is 2. The minimum atomic E-state index is -0.692. The fourth-order valence-electron chi connectivity index (χ4n) is 7.00. The lowest BCUT2D eigenvalue weighted by molar-refractivity contribution is -0.217. The van der Waals surface area contributed by atoms with Crippen LogP contribution in [0.2, 0.25) is 0 Å². The van der Waals surface area contributed by atoms with Crippen molar-refractivity contribution in [3.63, 3.8) is 0 Å². The van der Waals surface area contributed by atoms with Crippen LogP contribution < -0.4 is 0 Å². The molecule has 4 rings (SSSR count). The Morgan fingerprint density at radius 1 is 1.00 bits per heavy atom. The molecule has 3 heteroatoms. The van der Waals surface area contributed by atoms with Gasteiger partial charge in [-0.1, -0.05) is 13.8 Å². The number of fused-ring (bicyclic) bond motifs is 5. The van der Waals surface area contributed by atoms with Crippen LogP contribution in [0.4, 0.5) is 0 Å². The fraction of sp³-hybridized carbons (Fsp3) is 0.947. The summed E-state index contributed by atoms with van der Waals surface area (Å²) in [6.07, 6.45) is 7.73. The quantitative estimate of drug-likeness (QED) is 0.723. The number of carbonyl (C=O) groups is 1. The molecule has 2 N–H and O–H groups in total. The Labute approximate surface area is 133 Å². The molecule has 0 heterocycles. The molecule has 7 atom stereocenters. The van der Waals surface area contributed by atoms with Crippen molar-refractivity contribution in [3.05, 3.63) is 0 Å². The van der Waals surface area contributed by atoms with Crippen molar-refractivity contribution in [1.29, 1.82) is 0 Å². The summed E-state index contributed by atoms with van der Waals surface area (Å²) in [5.74, 6) is 2.15. The van der Waals surface area contributed by atoms with Crippen molar-refractivity contribution in [1.82, 2.24) is 0 Å². The third kappa shape index (κ3) is 1.73. The zero-order valence-electron chi connectivity index (χ0n) is 14.0. The van der Waals surface area contributed by atoms with Crippen LogP contribution in [0.5, 0.6) is 0 Å². The largest absolute Gasteiger partial charge is 0.393 e. The van der Waals surface area contributed by atoms with Crippen LogP contribution in [0.3, 0.4) is 0 Å². The second-order valence-corrected chi connectivity index (χ2v) is 9.18. The summed E-state index contributed by atoms with van der Waals surface area (Å²) in [6.45, 7) is 4.48. The number of Topliss-reactive ketones (excluding diaryl/α,β-unsaturated/α-hetero) is 1. The highest BCUT2D eigenvalue weighted by Crippen LogP contribution is 2.66. The van der Waals surface area contributed by atoms with Gasteiger partial charge in [-0.05, 0) is 68.1 Å². The summed E-state index contributed by atoms with van der Waals surface area (Å²) in [5, 5.41) is 21.3. The van der Waals surface area contributed by atoms with Gasteiger partial charge in [0.25, 0.3) is 0 Å². The van der Waals surface area contributed by atoms with Gasteiger partial charge in [-0.25, -0.2) is 0 Å². The van der Waals surface area contributed by atoms with Crippen LogP contribution in [0.15, 0.2) is 0 Å². The number of rotatable bonds is 0. The predicted octanol–water partition coefficient (Wildman–Crippen LogP) is 3.07. The number of aliphatic hydroxyl groups excluding tert-OH is 1. The molecular weight excluding hydrogens is 276 g/mol. The van der Waals surface area contributed by atoms with Gasteiger partial charge in [-0.3, -0.25) is 4.79 Å². The van der Waals surface area contributed by atoms with Crippen molar-refractivity contribution in [2.24, 2.45) is 28.6 Å². The van der Waals surface area contributed by atoms with E-state index in [4.69, 9.17) is 0 Å². The summed E-state index contributed by atoms with van der Waals surface area (Å²) in [5.41, 5.74) is -0.842. The van der Waals surface area contributed by atoms with E-state index in [1.807, 2.05) is 0 Å². The Hall–Kier alpha value is -0.410. The summed E-state index contributed by atoms with van der Waals surface area (Å²) < 4.78 is 0. The summed E-state index contributed by atoms with van der Waals surface area (Å²) in [6, 6.07) is 0. The van der Waals surface area contributed by atoms with Gasteiger partial charge >= 0.3 is 0 Å². The summed E-state index contributed by atoms with van der Waals surface area (Å²) in [4.78, 5) is 12.4. The Bertz CT molecular complexity index is 503. The summed E-state index contributed by atoms with van der Waals surface area (Å²) in [7, 11) is 0. The van der Waals surface area contributed by atoms with Crippen molar-refractivity contribution < 1.29 is 15.0 Å². The molecule has 4 aliphatic rings. The lowest BCUT2D eigenvalue weighted by Crippen LogP contribution is -2.62. The number of hydrogen-bond acceptors (Lipinski definition) is 3. The van der Waals surface area contributed by atoms with Crippen LogP contribution in [-0.4, -0.2) is 27.7 Å². The Morgan fingerprint density at radius 3 is 2.55 bits per heavy atom. The molecule has 124 valence electrons. The molecule has 4 saturated carbocycles. The Morgan fingerprint density at radius 2 is 1.77 bits per heavy atom. The van der Waals surface area contributed by atoms with Gasteiger partial charge < -0.3 is 10.2 Å². The molecule has 3 nitrogen and oxygen atoms in total. The van der Waals surface area contributed by atoms with Crippen molar-refractivity contribution in [2.45, 2.75) is 83.3 Å². The monoisotopic (exact) mass is 306 g/mol. The van der Waals surface area contributed by atoms with E-state index in [9.17, 15) is 15.0 Å². The molecular formula is C19H30O3. The SMILES string of the molecule is C[C@@]12CC[C@H]3[C@@H](CC[C@]4(O)C[C@@H](O)CC[C@]34C)[C@@H]1CCC2=O. The van der Waals surface area contributed by atoms with E-state index in [1.165, 1.54) is 0 Å². The molecule has 0 spiro atoms. The molecule has 0 radical (unpaired) electrons. The first-order chi connectivity index (χ1) is 10.3. The minimum absolute atomic E-state index is 0.0673. The molecule has 4 fully saturated rings. The molecule has 4 aliphatic carbocycles. The average Bonchev–Trinajstić information content (AvgIpc) is 2.76. The summed E-state index contributed by atoms with van der Waals surface area (Å²) >= 11 is 0. The van der Waals surface area contributed by atoms with Gasteiger partial charge in [0.15, 0.2) is 0 Å². The van der Waals surface area contributed by atoms with E-state index < -0.39 is 5.60 Å². The maximum absolute atomic E-state index is 12.4. The van der Waals surface area contributed by atoms with E-state index in [0.717, 1.165) is 51.4 Å². The second-order valence-electron chi connectivity index (χ2n) is 9.18. The molecule has 0 unspecified atom stereocenters. The second kappa shape index (κ2) is 4.57. The van der Waals surface area contributed by atoms with Gasteiger partial charge in [0.05, 0.1) is 11.7 Å². The molecule has 0 aromatic carbocycles. The fourth-order valence-corrected chi connectivity index (χ4v) is 7.00. The molecule has 0 aliphatic heterocycles. The van der Waals surface area contributed by atoms with E-state index in [1.54, 1.807) is 0 Å². The Kier molecular flexibility index (Phi) is 3.14. The highest BCUT2D eigenvalue weighted by Gasteiger charge is 2.64. The number of ketones is 1. The van der Waals surface area contributed by atoms with Crippen LogP contribution in [0.1, 0.15) is 71.6 Å². The van der Waals surface area contributed by atoms with E-state index in [-0.39, 0.29) is 16.9 Å². The third-order valence-corrected chi connectivity index (χ3v) is 8.49. The first kappa shape index (κ1) is 15.1. The van der Waals surface area contributed by atoms with Crippen LogP contribution in [0, 0.1) is 28.6 Å². The van der Waals surface area contributed by atoms with E-state index in [2.05, 4.69) is 13.8 Å². The van der Waals surface area contributed by atoms with Crippen LogP contribution in [-0.2, 0) is 4.79 Å². The molecule has 0 saturated heterocycles. The van der Waals surface area contributed by atoms with Gasteiger partial charge in [0, 0.05) is 18.3 Å². The lowest BCUT2D eigenvalue weighted by atomic mass is 9.43. The van der Waals surface area contributed by atoms with Crippen molar-refractivity contribution in [2.75, 3.05) is 0 Å². The molecule has 0 aromatic rings. The van der Waals surface area contributed by atoms with E-state index >= 15 is 0 Å². The smallest absolute Gasteiger partial charge is 0.139 e. The lowest BCUT2D eigenvalue weighted by Gasteiger charge is -2.63.